The van der Waals surface area contributed by atoms with Gasteiger partial charge in [0.05, 0.1) is 24.1 Å². The molecular weight excluding hydrogens is 504 g/mol. The minimum Gasteiger partial charge on any atom is -0.477 e. The Labute approximate surface area is 216 Å². The third-order valence-corrected chi connectivity index (χ3v) is 9.08. The Morgan fingerprint density at radius 1 is 1.35 bits per heavy atom. The molecule has 0 saturated carbocycles. The first-order valence-electron chi connectivity index (χ1n) is 12.3. The largest absolute Gasteiger partial charge is 0.477 e. The number of likely N-dealkylation sites (tertiary alicyclic amines) is 1. The van der Waals surface area contributed by atoms with Crippen LogP contribution < -0.4 is 10.6 Å². The molecule has 14 nitrogen and oxygen atoms in total. The number of aliphatic hydroxyl groups is 1. The second kappa shape index (κ2) is 10.0. The van der Waals surface area contributed by atoms with E-state index in [0.717, 1.165) is 0 Å². The van der Waals surface area contributed by atoms with Crippen LogP contribution in [0.15, 0.2) is 16.9 Å². The number of amides is 3. The van der Waals surface area contributed by atoms with Gasteiger partial charge < -0.3 is 30.6 Å². The molecule has 4 aliphatic rings. The quantitative estimate of drug-likeness (QED) is 0.271. The number of aliphatic hydroxyl groups excluding tert-OH is 1. The lowest BCUT2D eigenvalue weighted by Crippen LogP contribution is -2.66. The van der Waals surface area contributed by atoms with Crippen LogP contribution in [0, 0.1) is 11.8 Å². The van der Waals surface area contributed by atoms with Gasteiger partial charge in [-0.3, -0.25) is 14.4 Å². The van der Waals surface area contributed by atoms with E-state index in [1.807, 2.05) is 6.92 Å². The van der Waals surface area contributed by atoms with Gasteiger partial charge in [0.1, 0.15) is 18.6 Å². The summed E-state index contributed by atoms with van der Waals surface area (Å²) >= 11 is 1.41. The number of carbonyl (C=O) groups excluding carboxylic acids is 3. The first-order valence-corrected chi connectivity index (χ1v) is 13.2. The van der Waals surface area contributed by atoms with Gasteiger partial charge in [-0.1, -0.05) is 6.92 Å². The van der Waals surface area contributed by atoms with Crippen LogP contribution in [0.2, 0.25) is 0 Å². The molecule has 0 bridgehead atoms. The number of nitrogens with one attached hydrogen (secondary N) is 2. The normalized spacial score (nSPS) is 31.9. The number of aliphatic carboxylic acids is 1. The van der Waals surface area contributed by atoms with Crippen molar-refractivity contribution >= 4 is 35.5 Å². The number of thioether (sulfide) groups is 1. The van der Waals surface area contributed by atoms with Gasteiger partial charge in [0.25, 0.3) is 0 Å². The Hall–Kier alpha value is -3.04. The maximum absolute atomic E-state index is 13.1. The molecule has 15 heteroatoms. The minimum atomic E-state index is -1.16. The second-order valence-electron chi connectivity index (χ2n) is 10.1. The van der Waals surface area contributed by atoms with Crippen molar-refractivity contribution in [3.05, 3.63) is 16.9 Å². The maximum Gasteiger partial charge on any atom is 0.353 e. The number of carboxylic acids is 1. The van der Waals surface area contributed by atoms with Crippen LogP contribution in [0.5, 0.6) is 0 Å². The third-order valence-electron chi connectivity index (χ3n) is 7.57. The lowest BCUT2D eigenvalue weighted by atomic mass is 9.78. The average molecular weight is 535 g/mol. The molecule has 37 heavy (non-hydrogen) atoms. The van der Waals surface area contributed by atoms with Gasteiger partial charge in [-0.2, -0.15) is 0 Å². The fourth-order valence-electron chi connectivity index (χ4n) is 5.81. The fraction of sp³-hybridized carbons (Fsp3) is 0.682. The van der Waals surface area contributed by atoms with Gasteiger partial charge >= 0.3 is 5.97 Å². The van der Waals surface area contributed by atoms with Crippen LogP contribution in [-0.4, -0.2) is 113 Å². The summed E-state index contributed by atoms with van der Waals surface area (Å²) < 4.78 is 1.27. The zero-order valence-corrected chi connectivity index (χ0v) is 21.3. The standard InChI is InChI=1S/C22H30N8O6S/c1-10-17-16(11(2)25-15(32)8-29-9-24-26-27-29)21(34)30(17)18(22(35)36)19(10)37-13-5-14(23-6-13)20(33)28-4-3-12(31)7-28/h9-14,16-17,23,31H,3-8H2,1-2H3,(H,25,32)(H,35,36)/t10-,11-,12-,13?,14?,16-,17-/m1/s1. The lowest BCUT2D eigenvalue weighted by Gasteiger charge is -2.47. The minimum absolute atomic E-state index is 0.00610. The van der Waals surface area contributed by atoms with Crippen molar-refractivity contribution in [1.29, 1.82) is 0 Å². The molecule has 0 aliphatic carbocycles. The Morgan fingerprint density at radius 3 is 2.78 bits per heavy atom. The van der Waals surface area contributed by atoms with E-state index in [-0.39, 0.29) is 53.2 Å². The number of hydrogen-bond acceptors (Lipinski definition) is 10. The number of fused-ring (bicyclic) bond motifs is 1. The van der Waals surface area contributed by atoms with Crippen molar-refractivity contribution in [2.24, 2.45) is 11.8 Å². The van der Waals surface area contributed by atoms with E-state index in [0.29, 0.717) is 37.4 Å². The summed E-state index contributed by atoms with van der Waals surface area (Å²) in [5, 5.41) is 36.4. The topological polar surface area (TPSA) is 183 Å². The Morgan fingerprint density at radius 2 is 2.14 bits per heavy atom. The van der Waals surface area contributed by atoms with Crippen molar-refractivity contribution in [1.82, 2.24) is 40.6 Å². The van der Waals surface area contributed by atoms with Crippen molar-refractivity contribution < 1.29 is 29.4 Å². The molecule has 3 saturated heterocycles. The lowest BCUT2D eigenvalue weighted by molar-refractivity contribution is -0.158. The SMILES string of the molecule is C[C@@H](NC(=O)Cn1cnnn1)[C@H]1C(=O)N2C(C(=O)O)=C(SC3CNC(C(=O)N4CC[C@@H](O)C4)C3)[C@H](C)[C@H]12. The van der Waals surface area contributed by atoms with E-state index in [4.69, 9.17) is 0 Å². The molecule has 1 aromatic rings. The molecule has 1 aromatic heterocycles. The van der Waals surface area contributed by atoms with Crippen LogP contribution in [0.4, 0.5) is 0 Å². The summed E-state index contributed by atoms with van der Waals surface area (Å²) in [6.45, 7) is 4.96. The molecule has 7 atom stereocenters. The summed E-state index contributed by atoms with van der Waals surface area (Å²) in [6.07, 6.45) is 1.94. The maximum atomic E-state index is 13.1. The van der Waals surface area contributed by atoms with E-state index in [1.54, 1.807) is 11.8 Å². The fourth-order valence-corrected chi connectivity index (χ4v) is 7.29. The number of rotatable bonds is 8. The van der Waals surface area contributed by atoms with Crippen LogP contribution >= 0.6 is 11.8 Å². The van der Waals surface area contributed by atoms with Crippen LogP contribution in [0.25, 0.3) is 0 Å². The highest BCUT2D eigenvalue weighted by molar-refractivity contribution is 8.03. The predicted molar refractivity (Wildman–Crippen MR) is 128 cm³/mol. The number of aromatic nitrogens is 4. The number of nitrogens with zero attached hydrogens (tertiary/aromatic N) is 6. The summed E-state index contributed by atoms with van der Waals surface area (Å²) in [5.74, 6) is -2.68. The van der Waals surface area contributed by atoms with E-state index >= 15 is 0 Å². The monoisotopic (exact) mass is 534 g/mol. The predicted octanol–water partition coefficient (Wildman–Crippen LogP) is -1.99. The smallest absolute Gasteiger partial charge is 0.353 e. The molecule has 4 N–H and O–H groups in total. The summed E-state index contributed by atoms with van der Waals surface area (Å²) in [7, 11) is 0. The summed E-state index contributed by atoms with van der Waals surface area (Å²) in [5.41, 5.74) is -0.00610. The summed E-state index contributed by atoms with van der Waals surface area (Å²) in [4.78, 5) is 54.2. The van der Waals surface area contributed by atoms with E-state index in [1.165, 1.54) is 27.7 Å². The average Bonchev–Trinajstić information content (AvgIpc) is 3.63. The Bertz CT molecular complexity index is 1130. The molecule has 0 aromatic carbocycles. The zero-order chi connectivity index (χ0) is 26.4. The van der Waals surface area contributed by atoms with E-state index < -0.39 is 24.0 Å². The summed E-state index contributed by atoms with van der Waals surface area (Å²) in [6, 6.07) is -1.26. The third kappa shape index (κ3) is 4.70. The van der Waals surface area contributed by atoms with Gasteiger partial charge in [-0.05, 0) is 30.2 Å². The molecule has 3 fully saturated rings. The number of β-amino-alcohol motifs (C(OH)–C–C–N with tert-alkyl or cyclic N) is 1. The Balaban J connectivity index is 1.23. The van der Waals surface area contributed by atoms with Crippen LogP contribution in [0.1, 0.15) is 26.7 Å². The molecule has 200 valence electrons. The molecule has 0 spiro atoms. The number of tetrazole rings is 1. The highest BCUT2D eigenvalue weighted by Crippen LogP contribution is 2.51. The van der Waals surface area contributed by atoms with Crippen LogP contribution in [-0.2, 0) is 25.7 Å². The van der Waals surface area contributed by atoms with E-state index in [9.17, 15) is 29.4 Å². The number of hydrogen-bond donors (Lipinski definition) is 4. The van der Waals surface area contributed by atoms with Gasteiger partial charge in [0, 0.05) is 41.7 Å². The van der Waals surface area contributed by atoms with Crippen molar-refractivity contribution in [3.63, 3.8) is 0 Å². The first-order chi connectivity index (χ1) is 17.7. The zero-order valence-electron chi connectivity index (χ0n) is 20.5. The molecular formula is C22H30N8O6S. The van der Waals surface area contributed by atoms with Gasteiger partial charge in [0.2, 0.25) is 17.7 Å². The van der Waals surface area contributed by atoms with Crippen LogP contribution in [0.3, 0.4) is 0 Å². The van der Waals surface area contributed by atoms with Crippen molar-refractivity contribution in [3.8, 4) is 0 Å². The number of carbonyl (C=O) groups is 4. The first kappa shape index (κ1) is 25.6. The highest BCUT2D eigenvalue weighted by atomic mass is 32.2. The molecule has 2 unspecified atom stereocenters. The highest BCUT2D eigenvalue weighted by Gasteiger charge is 2.60. The number of β-lactam (4-membered cyclic amide) rings is 1. The van der Waals surface area contributed by atoms with Crippen molar-refractivity contribution in [2.75, 3.05) is 19.6 Å². The van der Waals surface area contributed by atoms with Gasteiger partial charge in [-0.25, -0.2) is 9.48 Å². The van der Waals surface area contributed by atoms with E-state index in [2.05, 4.69) is 26.2 Å². The van der Waals surface area contributed by atoms with Gasteiger partial charge in [-0.15, -0.1) is 16.9 Å². The molecule has 5 rings (SSSR count). The second-order valence-corrected chi connectivity index (χ2v) is 11.4. The molecule has 5 heterocycles. The molecule has 3 amide bonds. The number of carboxylic acid groups (broad SMARTS) is 1. The molecule has 4 aliphatic heterocycles. The van der Waals surface area contributed by atoms with Crippen molar-refractivity contribution in [2.45, 2.75) is 62.7 Å². The Kier molecular flexibility index (Phi) is 6.93. The van der Waals surface area contributed by atoms with Gasteiger partial charge in [0.15, 0.2) is 0 Å². The molecule has 0 radical (unpaired) electrons.